The fraction of sp³-hybridized carbons (Fsp3) is 0.250. The van der Waals surface area contributed by atoms with Gasteiger partial charge < -0.3 is 9.73 Å². The summed E-state index contributed by atoms with van der Waals surface area (Å²) in [7, 11) is -3.87. The molecule has 24 heavy (non-hydrogen) atoms. The highest BCUT2D eigenvalue weighted by atomic mass is 32.2. The summed E-state index contributed by atoms with van der Waals surface area (Å²) in [5.74, 6) is -0.213. The SMILES string of the molecule is CCN1C(=O)c2ccc(C(=O)NCCc3ccco3)cc2S1(=O)=O. The first kappa shape index (κ1) is 16.3. The largest absolute Gasteiger partial charge is 0.469 e. The fourth-order valence-electron chi connectivity index (χ4n) is 2.59. The van der Waals surface area contributed by atoms with Gasteiger partial charge in [0.25, 0.3) is 21.8 Å². The number of rotatable bonds is 5. The Bertz CT molecular complexity index is 887. The monoisotopic (exact) mass is 348 g/mol. The zero-order valence-corrected chi connectivity index (χ0v) is 13.8. The van der Waals surface area contributed by atoms with Crippen LogP contribution in [0.5, 0.6) is 0 Å². The quantitative estimate of drug-likeness (QED) is 0.881. The number of nitrogens with one attached hydrogen (secondary N) is 1. The standard InChI is InChI=1S/C16H16N2O5S/c1-2-18-16(20)13-6-5-11(10-14(13)24(18,21)22)15(19)17-8-7-12-4-3-9-23-12/h3-6,9-10H,2,7-8H2,1H3,(H,17,19). The van der Waals surface area contributed by atoms with E-state index in [2.05, 4.69) is 5.32 Å². The molecule has 0 fully saturated rings. The number of amides is 2. The maximum Gasteiger partial charge on any atom is 0.268 e. The molecule has 0 spiro atoms. The minimum Gasteiger partial charge on any atom is -0.469 e. The highest BCUT2D eigenvalue weighted by Crippen LogP contribution is 2.30. The molecule has 7 nitrogen and oxygen atoms in total. The molecule has 0 unspecified atom stereocenters. The lowest BCUT2D eigenvalue weighted by Crippen LogP contribution is -2.29. The number of furan rings is 1. The lowest BCUT2D eigenvalue weighted by Gasteiger charge is -2.11. The maximum atomic E-state index is 12.3. The molecular formula is C16H16N2O5S. The molecular weight excluding hydrogens is 332 g/mol. The van der Waals surface area contributed by atoms with E-state index in [1.807, 2.05) is 0 Å². The molecule has 0 radical (unpaired) electrons. The van der Waals surface area contributed by atoms with E-state index in [4.69, 9.17) is 4.42 Å². The van der Waals surface area contributed by atoms with Crippen molar-refractivity contribution in [3.05, 3.63) is 53.5 Å². The van der Waals surface area contributed by atoms with Crippen molar-refractivity contribution < 1.29 is 22.4 Å². The van der Waals surface area contributed by atoms with Crippen LogP contribution < -0.4 is 5.32 Å². The molecule has 0 bridgehead atoms. The summed E-state index contributed by atoms with van der Waals surface area (Å²) < 4.78 is 30.6. The van der Waals surface area contributed by atoms with Gasteiger partial charge in [0.15, 0.2) is 0 Å². The first-order chi connectivity index (χ1) is 11.4. The summed E-state index contributed by atoms with van der Waals surface area (Å²) in [5.41, 5.74) is 0.298. The van der Waals surface area contributed by atoms with E-state index in [0.29, 0.717) is 13.0 Å². The van der Waals surface area contributed by atoms with Crippen molar-refractivity contribution in [1.29, 1.82) is 0 Å². The lowest BCUT2D eigenvalue weighted by molar-refractivity contribution is 0.0874. The molecule has 2 amide bonds. The molecule has 126 valence electrons. The predicted molar refractivity (Wildman–Crippen MR) is 85.1 cm³/mol. The summed E-state index contributed by atoms with van der Waals surface area (Å²) in [6, 6.07) is 7.65. The molecule has 0 saturated heterocycles. The Balaban J connectivity index is 1.77. The van der Waals surface area contributed by atoms with Crippen LogP contribution in [0.3, 0.4) is 0 Å². The first-order valence-electron chi connectivity index (χ1n) is 7.47. The van der Waals surface area contributed by atoms with Gasteiger partial charge in [0.2, 0.25) is 0 Å². The second kappa shape index (κ2) is 6.12. The van der Waals surface area contributed by atoms with Crippen molar-refractivity contribution in [1.82, 2.24) is 9.62 Å². The Hall–Kier alpha value is -2.61. The lowest BCUT2D eigenvalue weighted by atomic mass is 10.1. The van der Waals surface area contributed by atoms with Crippen LogP contribution in [0.4, 0.5) is 0 Å². The van der Waals surface area contributed by atoms with Crippen molar-refractivity contribution in [2.24, 2.45) is 0 Å². The van der Waals surface area contributed by atoms with Gasteiger partial charge in [-0.15, -0.1) is 0 Å². The van der Waals surface area contributed by atoms with E-state index >= 15 is 0 Å². The van der Waals surface area contributed by atoms with Crippen molar-refractivity contribution >= 4 is 21.8 Å². The zero-order valence-electron chi connectivity index (χ0n) is 13.0. The maximum absolute atomic E-state index is 12.3. The van der Waals surface area contributed by atoms with Crippen molar-refractivity contribution in [2.75, 3.05) is 13.1 Å². The second-order valence-electron chi connectivity index (χ2n) is 5.27. The van der Waals surface area contributed by atoms with Crippen LogP contribution >= 0.6 is 0 Å². The third-order valence-electron chi connectivity index (χ3n) is 3.79. The molecule has 8 heteroatoms. The Morgan fingerprint density at radius 1 is 1.29 bits per heavy atom. The number of carbonyl (C=O) groups is 2. The molecule has 1 aromatic heterocycles. The van der Waals surface area contributed by atoms with E-state index in [1.165, 1.54) is 18.2 Å². The van der Waals surface area contributed by atoms with Crippen molar-refractivity contribution in [3.63, 3.8) is 0 Å². The average Bonchev–Trinajstić information content (AvgIpc) is 3.13. The van der Waals surface area contributed by atoms with Gasteiger partial charge in [0.05, 0.1) is 11.8 Å². The highest BCUT2D eigenvalue weighted by molar-refractivity contribution is 7.90. The number of carbonyl (C=O) groups excluding carboxylic acids is 2. The van der Waals surface area contributed by atoms with Gasteiger partial charge in [-0.3, -0.25) is 9.59 Å². The number of nitrogens with zero attached hydrogens (tertiary/aromatic N) is 1. The van der Waals surface area contributed by atoms with Gasteiger partial charge >= 0.3 is 0 Å². The van der Waals surface area contributed by atoms with Gasteiger partial charge in [-0.2, -0.15) is 0 Å². The van der Waals surface area contributed by atoms with E-state index in [1.54, 1.807) is 25.3 Å². The minimum atomic E-state index is -3.87. The number of fused-ring (bicyclic) bond motifs is 1. The van der Waals surface area contributed by atoms with Crippen LogP contribution in [0.1, 0.15) is 33.4 Å². The highest BCUT2D eigenvalue weighted by Gasteiger charge is 2.40. The van der Waals surface area contributed by atoms with Crippen molar-refractivity contribution in [3.8, 4) is 0 Å². The molecule has 1 aromatic carbocycles. The molecule has 0 atom stereocenters. The summed E-state index contributed by atoms with van der Waals surface area (Å²) in [5, 5.41) is 2.70. The summed E-state index contributed by atoms with van der Waals surface area (Å²) in [6.07, 6.45) is 2.09. The summed E-state index contributed by atoms with van der Waals surface area (Å²) in [6.45, 7) is 2.00. The third kappa shape index (κ3) is 2.69. The van der Waals surface area contributed by atoms with Crippen LogP contribution in [0.25, 0.3) is 0 Å². The van der Waals surface area contributed by atoms with E-state index in [0.717, 1.165) is 10.1 Å². The smallest absolute Gasteiger partial charge is 0.268 e. The first-order valence-corrected chi connectivity index (χ1v) is 8.91. The average molecular weight is 348 g/mol. The van der Waals surface area contributed by atoms with E-state index in [-0.39, 0.29) is 22.6 Å². The molecule has 2 aromatic rings. The molecule has 1 N–H and O–H groups in total. The number of hydrogen-bond donors (Lipinski definition) is 1. The molecule has 1 aliphatic rings. The number of benzene rings is 1. The molecule has 3 rings (SSSR count). The Morgan fingerprint density at radius 2 is 2.08 bits per heavy atom. The minimum absolute atomic E-state index is 0.0561. The van der Waals surface area contributed by atoms with Crippen LogP contribution in [0.2, 0.25) is 0 Å². The van der Waals surface area contributed by atoms with Gasteiger partial charge in [-0.25, -0.2) is 12.7 Å². The van der Waals surface area contributed by atoms with E-state index in [9.17, 15) is 18.0 Å². The fourth-order valence-corrected chi connectivity index (χ4v) is 4.19. The van der Waals surface area contributed by atoms with Gasteiger partial charge in [0, 0.05) is 25.1 Å². The van der Waals surface area contributed by atoms with Gasteiger partial charge in [-0.1, -0.05) is 0 Å². The Kier molecular flexibility index (Phi) is 4.15. The van der Waals surface area contributed by atoms with Crippen LogP contribution in [0.15, 0.2) is 45.9 Å². The second-order valence-corrected chi connectivity index (χ2v) is 7.10. The van der Waals surface area contributed by atoms with Crippen molar-refractivity contribution in [2.45, 2.75) is 18.2 Å². The topological polar surface area (TPSA) is 96.7 Å². The number of hydrogen-bond acceptors (Lipinski definition) is 5. The molecule has 0 aliphatic carbocycles. The summed E-state index contributed by atoms with van der Waals surface area (Å²) >= 11 is 0. The molecule has 0 saturated carbocycles. The molecule has 1 aliphatic heterocycles. The number of sulfonamides is 1. The van der Waals surface area contributed by atoms with Crippen LogP contribution in [-0.4, -0.2) is 37.6 Å². The Labute approximate surface area is 139 Å². The van der Waals surface area contributed by atoms with Crippen LogP contribution in [-0.2, 0) is 16.4 Å². The normalized spacial score (nSPS) is 15.4. The van der Waals surface area contributed by atoms with Crippen LogP contribution in [0, 0.1) is 0 Å². The third-order valence-corrected chi connectivity index (χ3v) is 5.69. The zero-order chi connectivity index (χ0) is 17.3. The van der Waals surface area contributed by atoms with Gasteiger partial charge in [0.1, 0.15) is 10.7 Å². The summed E-state index contributed by atoms with van der Waals surface area (Å²) in [4.78, 5) is 24.1. The van der Waals surface area contributed by atoms with E-state index < -0.39 is 21.8 Å². The van der Waals surface area contributed by atoms with Gasteiger partial charge in [-0.05, 0) is 37.3 Å². The Morgan fingerprint density at radius 3 is 2.75 bits per heavy atom. The predicted octanol–water partition coefficient (Wildman–Crippen LogP) is 1.42. The molecule has 2 heterocycles.